The summed E-state index contributed by atoms with van der Waals surface area (Å²) >= 11 is 0. The van der Waals surface area contributed by atoms with Crippen LogP contribution in [0.15, 0.2) is 0 Å². The molecule has 1 amide bonds. The Morgan fingerprint density at radius 2 is 2.00 bits per heavy atom. The van der Waals surface area contributed by atoms with Crippen LogP contribution in [0.25, 0.3) is 0 Å². The molecule has 116 valence electrons. The summed E-state index contributed by atoms with van der Waals surface area (Å²) in [6.07, 6.45) is -6.57. The number of carboxylic acid groups (broad SMARTS) is 1. The highest BCUT2D eigenvalue weighted by molar-refractivity contribution is 5.73. The summed E-state index contributed by atoms with van der Waals surface area (Å²) in [6.45, 7) is 1.84. The first-order valence-corrected chi connectivity index (χ1v) is 6.05. The molecule has 0 radical (unpaired) electrons. The Morgan fingerprint density at radius 3 is 2.45 bits per heavy atom. The zero-order valence-corrected chi connectivity index (χ0v) is 11.1. The smallest absolute Gasteiger partial charge is 0.332 e. The minimum Gasteiger partial charge on any atom is -0.479 e. The molecular formula is C11H19NO8. The van der Waals surface area contributed by atoms with Crippen molar-refractivity contribution in [1.82, 2.24) is 5.32 Å². The molecule has 0 aromatic rings. The number of aliphatic hydroxyl groups excluding tert-OH is 3. The monoisotopic (exact) mass is 293 g/mol. The summed E-state index contributed by atoms with van der Waals surface area (Å²) < 4.78 is 10.1. The van der Waals surface area contributed by atoms with Crippen LogP contribution in [0, 0.1) is 0 Å². The molecular weight excluding hydrogens is 274 g/mol. The lowest BCUT2D eigenvalue weighted by molar-refractivity contribution is -0.267. The van der Waals surface area contributed by atoms with Crippen LogP contribution in [-0.2, 0) is 19.1 Å². The van der Waals surface area contributed by atoms with Crippen LogP contribution in [0.4, 0.5) is 0 Å². The molecule has 0 saturated carbocycles. The second-order valence-electron chi connectivity index (χ2n) is 4.55. The number of aliphatic carboxylic acids is 1. The molecule has 0 bridgehead atoms. The molecule has 6 atom stereocenters. The van der Waals surface area contributed by atoms with Crippen LogP contribution in [-0.4, -0.2) is 75.7 Å². The number of carboxylic acids is 1. The third-order valence-corrected chi connectivity index (χ3v) is 2.95. The van der Waals surface area contributed by atoms with Crippen molar-refractivity contribution >= 4 is 11.9 Å². The van der Waals surface area contributed by atoms with E-state index in [1.165, 1.54) is 13.8 Å². The average Bonchev–Trinajstić information content (AvgIpc) is 2.36. The van der Waals surface area contributed by atoms with Gasteiger partial charge in [0.15, 0.2) is 12.4 Å². The van der Waals surface area contributed by atoms with Gasteiger partial charge in [0.1, 0.15) is 24.4 Å². The van der Waals surface area contributed by atoms with Crippen LogP contribution in [0.1, 0.15) is 13.8 Å². The van der Waals surface area contributed by atoms with Gasteiger partial charge in [-0.3, -0.25) is 4.79 Å². The Morgan fingerprint density at radius 1 is 1.40 bits per heavy atom. The fraction of sp³-hybridized carbons (Fsp3) is 0.818. The van der Waals surface area contributed by atoms with Gasteiger partial charge in [0.05, 0.1) is 6.61 Å². The standard InChI is InChI=1S/C11H19NO8/c1-4(10(16)17)19-9-7(12-5(2)14)11(18)20-6(3-13)8(9)15/h4,6-9,11,13,15,18H,3H2,1-2H3,(H,12,14)(H,16,17)/t4?,6-,7-,8-,9-,11?/m0/s1. The Hall–Kier alpha value is -1.26. The van der Waals surface area contributed by atoms with E-state index in [9.17, 15) is 19.8 Å². The van der Waals surface area contributed by atoms with Gasteiger partial charge in [-0.25, -0.2) is 4.79 Å². The quantitative estimate of drug-likeness (QED) is 0.371. The summed E-state index contributed by atoms with van der Waals surface area (Å²) in [5.41, 5.74) is 0. The van der Waals surface area contributed by atoms with Gasteiger partial charge in [-0.15, -0.1) is 0 Å². The van der Waals surface area contributed by atoms with Crippen molar-refractivity contribution in [1.29, 1.82) is 0 Å². The fourth-order valence-electron chi connectivity index (χ4n) is 1.93. The van der Waals surface area contributed by atoms with E-state index >= 15 is 0 Å². The normalized spacial score (nSPS) is 35.4. The van der Waals surface area contributed by atoms with Crippen LogP contribution >= 0.6 is 0 Å². The van der Waals surface area contributed by atoms with E-state index in [2.05, 4.69) is 5.32 Å². The number of aliphatic hydroxyl groups is 3. The van der Waals surface area contributed by atoms with E-state index in [4.69, 9.17) is 19.7 Å². The zero-order valence-electron chi connectivity index (χ0n) is 11.1. The van der Waals surface area contributed by atoms with Crippen molar-refractivity contribution in [3.05, 3.63) is 0 Å². The average molecular weight is 293 g/mol. The lowest BCUT2D eigenvalue weighted by atomic mass is 9.96. The van der Waals surface area contributed by atoms with E-state index in [0.29, 0.717) is 0 Å². The maximum atomic E-state index is 11.1. The zero-order chi connectivity index (χ0) is 15.4. The van der Waals surface area contributed by atoms with Crippen molar-refractivity contribution in [2.45, 2.75) is 50.6 Å². The Bertz CT molecular complexity index is 362. The molecule has 20 heavy (non-hydrogen) atoms. The van der Waals surface area contributed by atoms with Gasteiger partial charge >= 0.3 is 5.97 Å². The number of hydrogen-bond donors (Lipinski definition) is 5. The highest BCUT2D eigenvalue weighted by Gasteiger charge is 2.46. The second kappa shape index (κ2) is 6.95. The van der Waals surface area contributed by atoms with E-state index in [1.807, 2.05) is 0 Å². The van der Waals surface area contributed by atoms with Crippen molar-refractivity contribution in [3.8, 4) is 0 Å². The number of ether oxygens (including phenoxy) is 2. The third-order valence-electron chi connectivity index (χ3n) is 2.95. The Balaban J connectivity index is 2.92. The first kappa shape index (κ1) is 16.8. The largest absolute Gasteiger partial charge is 0.479 e. The maximum absolute atomic E-state index is 11.1. The number of carbonyl (C=O) groups excluding carboxylic acids is 1. The summed E-state index contributed by atoms with van der Waals surface area (Å²) in [7, 11) is 0. The molecule has 1 aliphatic rings. The number of rotatable bonds is 5. The lowest BCUT2D eigenvalue weighted by Gasteiger charge is -2.42. The number of hydrogen-bond acceptors (Lipinski definition) is 7. The van der Waals surface area contributed by atoms with E-state index < -0.39 is 55.2 Å². The van der Waals surface area contributed by atoms with Gasteiger partial charge in [-0.1, -0.05) is 0 Å². The Labute approximate surface area is 115 Å². The predicted molar refractivity (Wildman–Crippen MR) is 63.5 cm³/mol. The maximum Gasteiger partial charge on any atom is 0.332 e. The molecule has 9 heteroatoms. The molecule has 0 aromatic heterocycles. The lowest BCUT2D eigenvalue weighted by Crippen LogP contribution is -2.65. The minimum atomic E-state index is -1.54. The summed E-state index contributed by atoms with van der Waals surface area (Å²) in [5.74, 6) is -1.77. The SMILES string of the molecule is CC(=O)N[C@@H]1C(O)O[C@@H](CO)[C@H](O)[C@H]1OC(C)C(=O)O. The molecule has 0 aliphatic carbocycles. The Kier molecular flexibility index (Phi) is 5.84. The molecule has 1 rings (SSSR count). The van der Waals surface area contributed by atoms with E-state index in [1.54, 1.807) is 0 Å². The summed E-state index contributed by atoms with van der Waals surface area (Å²) in [4.78, 5) is 21.9. The second-order valence-corrected chi connectivity index (χ2v) is 4.55. The van der Waals surface area contributed by atoms with Crippen molar-refractivity contribution in [2.75, 3.05) is 6.61 Å². The first-order valence-electron chi connectivity index (χ1n) is 6.05. The third kappa shape index (κ3) is 3.87. The van der Waals surface area contributed by atoms with Gasteiger partial charge in [0, 0.05) is 6.92 Å². The number of nitrogens with one attached hydrogen (secondary N) is 1. The van der Waals surface area contributed by atoms with Gasteiger partial charge in [-0.05, 0) is 6.92 Å². The molecule has 1 aliphatic heterocycles. The molecule has 0 spiro atoms. The minimum absolute atomic E-state index is 0.510. The molecule has 1 heterocycles. The highest BCUT2D eigenvalue weighted by atomic mass is 16.6. The molecule has 9 nitrogen and oxygen atoms in total. The summed E-state index contributed by atoms with van der Waals surface area (Å²) in [6, 6.07) is -1.15. The van der Waals surface area contributed by atoms with Crippen LogP contribution in [0.2, 0.25) is 0 Å². The fourth-order valence-corrected chi connectivity index (χ4v) is 1.93. The highest BCUT2D eigenvalue weighted by Crippen LogP contribution is 2.23. The molecule has 1 saturated heterocycles. The van der Waals surface area contributed by atoms with Crippen molar-refractivity contribution in [2.24, 2.45) is 0 Å². The van der Waals surface area contributed by atoms with Crippen molar-refractivity contribution in [3.63, 3.8) is 0 Å². The van der Waals surface area contributed by atoms with E-state index in [0.717, 1.165) is 0 Å². The van der Waals surface area contributed by atoms with E-state index in [-0.39, 0.29) is 0 Å². The van der Waals surface area contributed by atoms with Gasteiger partial charge in [0.2, 0.25) is 5.91 Å². The topological polar surface area (TPSA) is 146 Å². The van der Waals surface area contributed by atoms with Gasteiger partial charge < -0.3 is 35.2 Å². The molecule has 5 N–H and O–H groups in total. The van der Waals surface area contributed by atoms with Gasteiger partial charge in [0.25, 0.3) is 0 Å². The number of carbonyl (C=O) groups is 2. The van der Waals surface area contributed by atoms with Gasteiger partial charge in [-0.2, -0.15) is 0 Å². The van der Waals surface area contributed by atoms with Crippen molar-refractivity contribution < 1.29 is 39.5 Å². The molecule has 1 fully saturated rings. The predicted octanol–water partition coefficient (Wildman–Crippen LogP) is -2.58. The van der Waals surface area contributed by atoms with Crippen LogP contribution < -0.4 is 5.32 Å². The number of amides is 1. The van der Waals surface area contributed by atoms with Crippen LogP contribution in [0.5, 0.6) is 0 Å². The molecule has 0 aromatic carbocycles. The summed E-state index contributed by atoms with van der Waals surface area (Å²) in [5, 5.41) is 40.0. The van der Waals surface area contributed by atoms with Crippen LogP contribution in [0.3, 0.4) is 0 Å². The molecule has 2 unspecified atom stereocenters. The first-order chi connectivity index (χ1) is 9.27.